The third kappa shape index (κ3) is 5.74. The van der Waals surface area contributed by atoms with Gasteiger partial charge in [0.05, 0.1) is 28.3 Å². The van der Waals surface area contributed by atoms with E-state index < -0.39 is 14.4 Å². The first-order valence-corrected chi connectivity index (χ1v) is 14.6. The first-order valence-electron chi connectivity index (χ1n) is 11.4. The predicted molar refractivity (Wildman–Crippen MR) is 139 cm³/mol. The van der Waals surface area contributed by atoms with Gasteiger partial charge in [0.25, 0.3) is 0 Å². The summed E-state index contributed by atoms with van der Waals surface area (Å²) in [4.78, 5) is 0. The summed E-state index contributed by atoms with van der Waals surface area (Å²) < 4.78 is 12.8. The number of aromatic nitrogens is 2. The van der Waals surface area contributed by atoms with Crippen molar-refractivity contribution in [1.29, 1.82) is 10.5 Å². The van der Waals surface area contributed by atoms with E-state index in [2.05, 4.69) is 61.5 Å². The van der Waals surface area contributed by atoms with E-state index in [1.165, 1.54) is 0 Å². The average Bonchev–Trinajstić information content (AvgIpc) is 3.29. The number of rotatable bonds is 7. The number of anilines is 1. The molecule has 9 heteroatoms. The molecule has 0 saturated heterocycles. The Morgan fingerprint density at radius 3 is 2.29 bits per heavy atom. The summed E-state index contributed by atoms with van der Waals surface area (Å²) in [6, 6.07) is 14.2. The van der Waals surface area contributed by atoms with Crippen molar-refractivity contribution in [3.8, 4) is 23.6 Å². The van der Waals surface area contributed by atoms with Crippen LogP contribution in [0.3, 0.4) is 0 Å². The molecular formula is C26H30ClN5O2Si. The summed E-state index contributed by atoms with van der Waals surface area (Å²) in [5.41, 5.74) is 3.19. The molecule has 0 aliphatic heterocycles. The first kappa shape index (κ1) is 26.4. The fourth-order valence-electron chi connectivity index (χ4n) is 3.35. The van der Waals surface area contributed by atoms with Gasteiger partial charge in [-0.05, 0) is 73.9 Å². The summed E-state index contributed by atoms with van der Waals surface area (Å²) >= 11 is 6.42. The van der Waals surface area contributed by atoms with Crippen molar-refractivity contribution in [2.45, 2.75) is 64.9 Å². The highest BCUT2D eigenvalue weighted by atomic mass is 35.5. The van der Waals surface area contributed by atoms with Crippen LogP contribution in [-0.4, -0.2) is 24.6 Å². The molecule has 3 aromatic rings. The molecule has 0 fully saturated rings. The van der Waals surface area contributed by atoms with E-state index in [4.69, 9.17) is 25.7 Å². The molecule has 0 aliphatic carbocycles. The highest BCUT2D eigenvalue weighted by Crippen LogP contribution is 2.40. The van der Waals surface area contributed by atoms with Crippen LogP contribution in [0.1, 0.15) is 56.3 Å². The Balaban J connectivity index is 2.00. The number of nitriles is 2. The van der Waals surface area contributed by atoms with Crippen LogP contribution in [0.5, 0.6) is 0 Å². The minimum Gasteiger partial charge on any atom is -0.418 e. The monoisotopic (exact) mass is 507 g/mol. The van der Waals surface area contributed by atoms with Crippen molar-refractivity contribution >= 4 is 25.6 Å². The maximum Gasteiger partial charge on any atom is 0.247 e. The fourth-order valence-corrected chi connectivity index (χ4v) is 4.98. The van der Waals surface area contributed by atoms with Crippen LogP contribution < -0.4 is 5.32 Å². The third-order valence-electron chi connectivity index (χ3n) is 6.54. The van der Waals surface area contributed by atoms with Gasteiger partial charge in [-0.1, -0.05) is 32.4 Å². The fraction of sp³-hybridized carbons (Fsp3) is 0.385. The molecule has 2 atom stereocenters. The zero-order chi connectivity index (χ0) is 26.0. The second kappa shape index (κ2) is 10.2. The molecule has 3 rings (SSSR count). The van der Waals surface area contributed by atoms with Gasteiger partial charge in [-0.2, -0.15) is 10.5 Å². The van der Waals surface area contributed by atoms with Gasteiger partial charge < -0.3 is 14.2 Å². The molecule has 0 aliphatic rings. The lowest BCUT2D eigenvalue weighted by Gasteiger charge is -2.40. The predicted octanol–water partition coefficient (Wildman–Crippen LogP) is 7.01. The summed E-state index contributed by atoms with van der Waals surface area (Å²) in [5.74, 6) is 0.723. The van der Waals surface area contributed by atoms with Crippen molar-refractivity contribution in [1.82, 2.24) is 10.2 Å². The molecule has 1 aromatic heterocycles. The third-order valence-corrected chi connectivity index (χ3v) is 11.6. The SMILES string of the molecule is Cc1c(NC(c2nnc(-c3ccc(C#N)cc3)o2)C(C)O[Si](C)(C)C(C)(C)C)ccc(C#N)c1Cl. The smallest absolute Gasteiger partial charge is 0.247 e. The molecule has 1 N–H and O–H groups in total. The zero-order valence-electron chi connectivity index (χ0n) is 21.1. The topological polar surface area (TPSA) is 108 Å². The standard InChI is InChI=1S/C26H30ClN5O2Si/c1-16-21(13-12-20(15-29)22(16)27)30-23(17(2)34-35(6,7)26(3,4)5)25-32-31-24(33-25)19-10-8-18(14-28)9-11-19/h8-13,17,23,30H,1-7H3. The molecule has 0 amide bonds. The van der Waals surface area contributed by atoms with E-state index in [9.17, 15) is 5.26 Å². The van der Waals surface area contributed by atoms with E-state index in [1.807, 2.05) is 19.9 Å². The Labute approximate surface area is 212 Å². The molecule has 7 nitrogen and oxygen atoms in total. The summed E-state index contributed by atoms with van der Waals surface area (Å²) in [6.45, 7) is 14.8. The van der Waals surface area contributed by atoms with Crippen LogP contribution >= 0.6 is 11.6 Å². The Kier molecular flexibility index (Phi) is 7.71. The van der Waals surface area contributed by atoms with Gasteiger partial charge in [0.1, 0.15) is 12.1 Å². The molecule has 0 bridgehead atoms. The molecule has 2 aromatic carbocycles. The van der Waals surface area contributed by atoms with Crippen LogP contribution in [0.2, 0.25) is 23.2 Å². The number of hydrogen-bond donors (Lipinski definition) is 1. The highest BCUT2D eigenvalue weighted by Gasteiger charge is 2.41. The highest BCUT2D eigenvalue weighted by molar-refractivity contribution is 6.74. The van der Waals surface area contributed by atoms with Gasteiger partial charge in [0, 0.05) is 11.3 Å². The largest absolute Gasteiger partial charge is 0.418 e. The van der Waals surface area contributed by atoms with Crippen molar-refractivity contribution < 1.29 is 8.84 Å². The molecule has 0 saturated carbocycles. The summed E-state index contributed by atoms with van der Waals surface area (Å²) in [6.07, 6.45) is -0.307. The van der Waals surface area contributed by atoms with Crippen molar-refractivity contribution in [3.63, 3.8) is 0 Å². The second-order valence-electron chi connectivity index (χ2n) is 10.1. The number of nitrogens with one attached hydrogen (secondary N) is 1. The summed E-state index contributed by atoms with van der Waals surface area (Å²) in [7, 11) is -2.12. The van der Waals surface area contributed by atoms with Crippen LogP contribution in [0, 0.1) is 29.6 Å². The molecule has 0 radical (unpaired) electrons. The second-order valence-corrected chi connectivity index (χ2v) is 15.2. The van der Waals surface area contributed by atoms with Gasteiger partial charge in [-0.25, -0.2) is 0 Å². The van der Waals surface area contributed by atoms with Gasteiger partial charge >= 0.3 is 0 Å². The molecular weight excluding hydrogens is 478 g/mol. The minimum atomic E-state index is -2.12. The van der Waals surface area contributed by atoms with Crippen molar-refractivity contribution in [2.24, 2.45) is 0 Å². The van der Waals surface area contributed by atoms with Crippen molar-refractivity contribution in [3.05, 3.63) is 64.0 Å². The Bertz CT molecular complexity index is 1280. The lowest BCUT2D eigenvalue weighted by atomic mass is 10.1. The van der Waals surface area contributed by atoms with E-state index in [-0.39, 0.29) is 11.1 Å². The average molecular weight is 508 g/mol. The minimum absolute atomic E-state index is 0.0158. The van der Waals surface area contributed by atoms with E-state index in [0.29, 0.717) is 27.9 Å². The number of hydrogen-bond acceptors (Lipinski definition) is 7. The molecule has 0 spiro atoms. The Hall–Kier alpha value is -3.17. The zero-order valence-corrected chi connectivity index (χ0v) is 22.9. The van der Waals surface area contributed by atoms with E-state index in [1.54, 1.807) is 30.3 Å². The molecule has 182 valence electrons. The molecule has 1 heterocycles. The number of nitrogens with zero attached hydrogens (tertiary/aromatic N) is 4. The Morgan fingerprint density at radius 1 is 1.06 bits per heavy atom. The van der Waals surface area contributed by atoms with E-state index in [0.717, 1.165) is 16.8 Å². The number of benzene rings is 2. The van der Waals surface area contributed by atoms with Gasteiger partial charge in [0.2, 0.25) is 11.8 Å². The lowest BCUT2D eigenvalue weighted by molar-refractivity contribution is 0.166. The molecule has 35 heavy (non-hydrogen) atoms. The van der Waals surface area contributed by atoms with Crippen LogP contribution in [0.25, 0.3) is 11.5 Å². The lowest BCUT2D eigenvalue weighted by Crippen LogP contribution is -2.45. The van der Waals surface area contributed by atoms with Crippen LogP contribution in [0.4, 0.5) is 5.69 Å². The quantitative estimate of drug-likeness (QED) is 0.342. The number of halogens is 1. The van der Waals surface area contributed by atoms with Gasteiger partial charge in [-0.3, -0.25) is 0 Å². The normalized spacial score (nSPS) is 13.5. The molecule has 2 unspecified atom stereocenters. The maximum atomic E-state index is 9.31. The van der Waals surface area contributed by atoms with Gasteiger partial charge in [-0.15, -0.1) is 10.2 Å². The Morgan fingerprint density at radius 2 is 1.71 bits per heavy atom. The van der Waals surface area contributed by atoms with Gasteiger partial charge in [0.15, 0.2) is 8.32 Å². The summed E-state index contributed by atoms with van der Waals surface area (Å²) in [5, 5.41) is 30.8. The maximum absolute atomic E-state index is 9.31. The van der Waals surface area contributed by atoms with E-state index >= 15 is 0 Å². The first-order chi connectivity index (χ1) is 16.4. The van der Waals surface area contributed by atoms with Crippen molar-refractivity contribution in [2.75, 3.05) is 5.32 Å². The van der Waals surface area contributed by atoms with Crippen LogP contribution in [-0.2, 0) is 4.43 Å². The van der Waals surface area contributed by atoms with Crippen LogP contribution in [0.15, 0.2) is 40.8 Å².